The van der Waals surface area contributed by atoms with Gasteiger partial charge in [0.1, 0.15) is 11.5 Å². The van der Waals surface area contributed by atoms with Crippen molar-refractivity contribution in [2.75, 3.05) is 5.32 Å². The third-order valence-corrected chi connectivity index (χ3v) is 3.70. The van der Waals surface area contributed by atoms with Crippen LogP contribution in [0.5, 0.6) is 5.75 Å². The zero-order chi connectivity index (χ0) is 18.2. The molecule has 0 unspecified atom stereocenters. The van der Waals surface area contributed by atoms with Crippen molar-refractivity contribution in [3.8, 4) is 5.75 Å². The first-order valence-electron chi connectivity index (χ1n) is 7.82. The van der Waals surface area contributed by atoms with Crippen molar-refractivity contribution in [1.82, 2.24) is 0 Å². The molecule has 2 aromatic rings. The molecule has 0 saturated heterocycles. The van der Waals surface area contributed by atoms with Gasteiger partial charge in [-0.1, -0.05) is 23.7 Å². The lowest BCUT2D eigenvalue weighted by atomic mass is 10.2. The summed E-state index contributed by atoms with van der Waals surface area (Å²) in [6.45, 7) is 1.49. The van der Waals surface area contributed by atoms with E-state index in [4.69, 9.17) is 16.3 Å². The van der Waals surface area contributed by atoms with Gasteiger partial charge in [0.25, 0.3) is 5.91 Å². The first kappa shape index (κ1) is 18.7. The molecule has 2 rings (SSSR count). The zero-order valence-electron chi connectivity index (χ0n) is 13.8. The van der Waals surface area contributed by atoms with Crippen molar-refractivity contribution in [1.29, 1.82) is 0 Å². The van der Waals surface area contributed by atoms with Gasteiger partial charge in [-0.3, -0.25) is 9.59 Å². The number of nitrogens with one attached hydrogen (secondary N) is 1. The number of anilines is 1. The summed E-state index contributed by atoms with van der Waals surface area (Å²) in [6.07, 6.45) is 1.02. The number of ketones is 1. The second-order valence-corrected chi connectivity index (χ2v) is 5.90. The fraction of sp³-hybridized carbons (Fsp3) is 0.211. The monoisotopic (exact) mass is 359 g/mol. The summed E-state index contributed by atoms with van der Waals surface area (Å²) in [5.41, 5.74) is 0.937. The summed E-state index contributed by atoms with van der Waals surface area (Å²) in [5.74, 6) is -0.288. The number of hydrogen-bond donors (Lipinski definition) is 1. The van der Waals surface area contributed by atoms with E-state index in [1.54, 1.807) is 48.5 Å². The normalized spacial score (nSPS) is 10.2. The summed E-state index contributed by atoms with van der Waals surface area (Å²) in [7, 11) is 0. The Morgan fingerprint density at radius 3 is 2.32 bits per heavy atom. The molecule has 130 valence electrons. The minimum atomic E-state index is -0.394. The van der Waals surface area contributed by atoms with Crippen molar-refractivity contribution in [2.24, 2.45) is 0 Å². The number of esters is 1. The van der Waals surface area contributed by atoms with Crippen LogP contribution >= 0.6 is 11.6 Å². The maximum Gasteiger partial charge on any atom is 0.311 e. The van der Waals surface area contributed by atoms with Gasteiger partial charge in [-0.25, -0.2) is 0 Å². The summed E-state index contributed by atoms with van der Waals surface area (Å²) in [4.78, 5) is 34.7. The molecule has 2 aromatic carbocycles. The number of Topliss-reactive ketones (excluding diaryl/α,β-unsaturated/α-hetero) is 1. The lowest BCUT2D eigenvalue weighted by Gasteiger charge is -2.08. The average molecular weight is 360 g/mol. The second kappa shape index (κ2) is 8.99. The van der Waals surface area contributed by atoms with Gasteiger partial charge in [0.15, 0.2) is 0 Å². The highest BCUT2D eigenvalue weighted by Gasteiger charge is 2.10. The quantitative estimate of drug-likeness (QED) is 0.592. The molecule has 25 heavy (non-hydrogen) atoms. The molecule has 0 radical (unpaired) electrons. The van der Waals surface area contributed by atoms with Gasteiger partial charge in [-0.2, -0.15) is 0 Å². The largest absolute Gasteiger partial charge is 0.427 e. The zero-order valence-corrected chi connectivity index (χ0v) is 14.5. The highest BCUT2D eigenvalue weighted by Crippen LogP contribution is 2.20. The van der Waals surface area contributed by atoms with Gasteiger partial charge >= 0.3 is 5.97 Å². The van der Waals surface area contributed by atoms with Crippen molar-refractivity contribution in [3.63, 3.8) is 0 Å². The number of hydrogen-bond acceptors (Lipinski definition) is 4. The maximum atomic E-state index is 12.2. The van der Waals surface area contributed by atoms with E-state index in [1.165, 1.54) is 6.92 Å². The van der Waals surface area contributed by atoms with Crippen molar-refractivity contribution < 1.29 is 19.1 Å². The van der Waals surface area contributed by atoms with Crippen LogP contribution in [0.25, 0.3) is 0 Å². The van der Waals surface area contributed by atoms with Crippen LogP contribution in [0, 0.1) is 0 Å². The van der Waals surface area contributed by atoms with Gasteiger partial charge in [0.05, 0.1) is 10.6 Å². The van der Waals surface area contributed by atoms with Crippen LogP contribution < -0.4 is 10.1 Å². The van der Waals surface area contributed by atoms with Crippen LogP contribution in [-0.2, 0) is 9.59 Å². The number of amides is 1. The lowest BCUT2D eigenvalue weighted by Crippen LogP contribution is -2.12. The van der Waals surface area contributed by atoms with Gasteiger partial charge in [-0.05, 0) is 49.7 Å². The molecular weight excluding hydrogens is 342 g/mol. The SMILES string of the molecule is CC(=O)CCCC(=O)Oc1ccc(NC(=O)c2ccccc2Cl)cc1. The van der Waals surface area contributed by atoms with Crippen molar-refractivity contribution in [2.45, 2.75) is 26.2 Å². The molecule has 0 saturated carbocycles. The Balaban J connectivity index is 1.89. The number of rotatable bonds is 7. The van der Waals surface area contributed by atoms with Crippen molar-refractivity contribution in [3.05, 3.63) is 59.1 Å². The number of carbonyl (C=O) groups is 3. The van der Waals surface area contributed by atoms with E-state index in [-0.39, 0.29) is 18.1 Å². The van der Waals surface area contributed by atoms with Crippen LogP contribution in [0.3, 0.4) is 0 Å². The Kier molecular flexibility index (Phi) is 6.71. The predicted molar refractivity (Wildman–Crippen MR) is 96.0 cm³/mol. The summed E-state index contributed by atoms with van der Waals surface area (Å²) in [6, 6.07) is 13.2. The molecule has 0 fully saturated rings. The van der Waals surface area contributed by atoms with E-state index in [9.17, 15) is 14.4 Å². The highest BCUT2D eigenvalue weighted by atomic mass is 35.5. The predicted octanol–water partition coefficient (Wildman–Crippen LogP) is 4.26. The Morgan fingerprint density at radius 2 is 1.68 bits per heavy atom. The van der Waals surface area contributed by atoms with E-state index in [1.807, 2.05) is 0 Å². The van der Waals surface area contributed by atoms with Gasteiger partial charge < -0.3 is 14.8 Å². The van der Waals surface area contributed by atoms with Crippen LogP contribution in [-0.4, -0.2) is 17.7 Å². The molecule has 0 aliphatic rings. The first-order valence-corrected chi connectivity index (χ1v) is 8.19. The molecule has 0 atom stereocenters. The number of carbonyl (C=O) groups excluding carboxylic acids is 3. The fourth-order valence-corrected chi connectivity index (χ4v) is 2.34. The minimum Gasteiger partial charge on any atom is -0.427 e. The topological polar surface area (TPSA) is 72.5 Å². The fourth-order valence-electron chi connectivity index (χ4n) is 2.11. The minimum absolute atomic E-state index is 0.0476. The summed E-state index contributed by atoms with van der Waals surface area (Å²) < 4.78 is 5.18. The first-order chi connectivity index (χ1) is 12.0. The Hall–Kier alpha value is -2.66. The Bertz CT molecular complexity index is 771. The molecule has 1 N–H and O–H groups in total. The highest BCUT2D eigenvalue weighted by molar-refractivity contribution is 6.34. The van der Waals surface area contributed by atoms with Crippen LogP contribution in [0.4, 0.5) is 5.69 Å². The molecule has 0 heterocycles. The third-order valence-electron chi connectivity index (χ3n) is 3.37. The number of halogens is 1. The van der Waals surface area contributed by atoms with E-state index < -0.39 is 5.97 Å². The smallest absolute Gasteiger partial charge is 0.311 e. The van der Waals surface area contributed by atoms with Gasteiger partial charge in [0, 0.05) is 18.5 Å². The average Bonchev–Trinajstić information content (AvgIpc) is 2.56. The third kappa shape index (κ3) is 6.04. The molecule has 5 nitrogen and oxygen atoms in total. The molecule has 0 aliphatic heterocycles. The van der Waals surface area contributed by atoms with Gasteiger partial charge in [0.2, 0.25) is 0 Å². The Morgan fingerprint density at radius 1 is 1.00 bits per heavy atom. The molecule has 0 aliphatic carbocycles. The summed E-state index contributed by atoms with van der Waals surface area (Å²) >= 11 is 5.99. The molecule has 1 amide bonds. The maximum absolute atomic E-state index is 12.2. The van der Waals surface area contributed by atoms with E-state index in [2.05, 4.69) is 5.32 Å². The van der Waals surface area contributed by atoms with Crippen molar-refractivity contribution >= 4 is 34.9 Å². The molecule has 6 heteroatoms. The molecule has 0 bridgehead atoms. The van der Waals surface area contributed by atoms with E-state index in [0.717, 1.165) is 0 Å². The van der Waals surface area contributed by atoms with Gasteiger partial charge in [-0.15, -0.1) is 0 Å². The van der Waals surface area contributed by atoms with E-state index in [0.29, 0.717) is 34.9 Å². The summed E-state index contributed by atoms with van der Waals surface area (Å²) in [5, 5.41) is 3.10. The van der Waals surface area contributed by atoms with E-state index >= 15 is 0 Å². The Labute approximate surface area is 150 Å². The molecule has 0 aromatic heterocycles. The lowest BCUT2D eigenvalue weighted by molar-refractivity contribution is -0.134. The van der Waals surface area contributed by atoms with Crippen LogP contribution in [0.2, 0.25) is 5.02 Å². The standard InChI is InChI=1S/C19H18ClNO4/c1-13(22)5-4-8-18(23)25-15-11-9-14(10-12-15)21-19(24)16-6-2-3-7-17(16)20/h2-3,6-7,9-12H,4-5,8H2,1H3,(H,21,24). The van der Waals surface area contributed by atoms with Crippen LogP contribution in [0.15, 0.2) is 48.5 Å². The molecular formula is C19H18ClNO4. The second-order valence-electron chi connectivity index (χ2n) is 5.49. The number of ether oxygens (including phenoxy) is 1. The molecule has 0 spiro atoms. The number of benzene rings is 2. The van der Waals surface area contributed by atoms with Crippen LogP contribution in [0.1, 0.15) is 36.5 Å².